The SMILES string of the molecule is CN(C)C(=O)CNC(=NCc1ccccc1)NCc1ccc(Cl)cc1Cl.I. The van der Waals surface area contributed by atoms with Gasteiger partial charge in [0, 0.05) is 30.7 Å². The van der Waals surface area contributed by atoms with Gasteiger partial charge in [0.15, 0.2) is 5.96 Å². The summed E-state index contributed by atoms with van der Waals surface area (Å²) >= 11 is 12.1. The van der Waals surface area contributed by atoms with E-state index in [0.717, 1.165) is 11.1 Å². The molecule has 0 aromatic heterocycles. The van der Waals surface area contributed by atoms with Crippen LogP contribution in [0.15, 0.2) is 53.5 Å². The van der Waals surface area contributed by atoms with E-state index in [-0.39, 0.29) is 36.4 Å². The van der Waals surface area contributed by atoms with Gasteiger partial charge < -0.3 is 15.5 Å². The summed E-state index contributed by atoms with van der Waals surface area (Å²) in [5, 5.41) is 7.42. The third kappa shape index (κ3) is 8.36. The predicted molar refractivity (Wildman–Crippen MR) is 123 cm³/mol. The van der Waals surface area contributed by atoms with Crippen LogP contribution in [0.2, 0.25) is 10.0 Å². The van der Waals surface area contributed by atoms with Gasteiger partial charge in [0.25, 0.3) is 0 Å². The zero-order valence-corrected chi connectivity index (χ0v) is 19.0. The van der Waals surface area contributed by atoms with Gasteiger partial charge >= 0.3 is 0 Å². The first-order valence-electron chi connectivity index (χ1n) is 8.16. The molecule has 2 rings (SSSR count). The average Bonchev–Trinajstić information content (AvgIpc) is 2.62. The second-order valence-electron chi connectivity index (χ2n) is 5.88. The standard InChI is InChI=1S/C19H22Cl2N4O.HI/c1-25(2)18(26)13-24-19(22-11-14-6-4-3-5-7-14)23-12-15-8-9-16(20)10-17(15)21;/h3-10H,11-13H2,1-2H3,(H2,22,23,24);1H. The summed E-state index contributed by atoms with van der Waals surface area (Å²) in [5.41, 5.74) is 1.97. The number of aliphatic imine (C=N–C) groups is 1. The number of nitrogens with zero attached hydrogens (tertiary/aromatic N) is 2. The number of hydrogen-bond donors (Lipinski definition) is 2. The fraction of sp³-hybridized carbons (Fsp3) is 0.263. The van der Waals surface area contributed by atoms with Crippen molar-refractivity contribution in [2.45, 2.75) is 13.1 Å². The summed E-state index contributed by atoms with van der Waals surface area (Å²) in [6, 6.07) is 15.2. The van der Waals surface area contributed by atoms with E-state index < -0.39 is 0 Å². The van der Waals surface area contributed by atoms with Crippen LogP contribution in [-0.4, -0.2) is 37.4 Å². The second kappa shape index (κ2) is 12.0. The molecule has 0 fully saturated rings. The van der Waals surface area contributed by atoms with E-state index in [1.54, 1.807) is 26.2 Å². The van der Waals surface area contributed by atoms with E-state index in [4.69, 9.17) is 23.2 Å². The predicted octanol–water partition coefficient (Wildman–Crippen LogP) is 3.94. The molecule has 2 N–H and O–H groups in total. The van der Waals surface area contributed by atoms with E-state index in [2.05, 4.69) is 15.6 Å². The molecule has 2 aromatic rings. The van der Waals surface area contributed by atoms with Crippen LogP contribution in [0.4, 0.5) is 0 Å². The molecule has 1 amide bonds. The van der Waals surface area contributed by atoms with Crippen molar-refractivity contribution >= 4 is 59.0 Å². The number of guanidine groups is 1. The highest BCUT2D eigenvalue weighted by Crippen LogP contribution is 2.20. The Hall–Kier alpha value is -1.51. The number of halogens is 3. The Bertz CT molecular complexity index is 770. The van der Waals surface area contributed by atoms with Gasteiger partial charge in [-0.3, -0.25) is 4.79 Å². The lowest BCUT2D eigenvalue weighted by atomic mass is 10.2. The average molecular weight is 521 g/mol. The molecule has 0 saturated heterocycles. The van der Waals surface area contributed by atoms with Crippen LogP contribution in [0.25, 0.3) is 0 Å². The Labute approximate surface area is 187 Å². The van der Waals surface area contributed by atoms with Gasteiger partial charge in [-0.15, -0.1) is 24.0 Å². The van der Waals surface area contributed by atoms with Gasteiger partial charge in [0.1, 0.15) is 0 Å². The van der Waals surface area contributed by atoms with Crippen molar-refractivity contribution in [3.63, 3.8) is 0 Å². The van der Waals surface area contributed by atoms with E-state index in [1.807, 2.05) is 36.4 Å². The Kier molecular flexibility index (Phi) is 10.5. The number of carbonyl (C=O) groups is 1. The molecule has 0 heterocycles. The fourth-order valence-electron chi connectivity index (χ4n) is 2.09. The highest BCUT2D eigenvalue weighted by atomic mass is 127. The Morgan fingerprint density at radius 3 is 2.41 bits per heavy atom. The Balaban J connectivity index is 0.00000364. The van der Waals surface area contributed by atoms with Crippen molar-refractivity contribution in [1.82, 2.24) is 15.5 Å². The van der Waals surface area contributed by atoms with Crippen LogP contribution >= 0.6 is 47.2 Å². The summed E-state index contributed by atoms with van der Waals surface area (Å²) in [5.74, 6) is 0.499. The Morgan fingerprint density at radius 2 is 1.78 bits per heavy atom. The number of amides is 1. The Morgan fingerprint density at radius 1 is 1.07 bits per heavy atom. The molecule has 0 saturated carbocycles. The molecule has 0 bridgehead atoms. The lowest BCUT2D eigenvalue weighted by Gasteiger charge is -2.15. The molecular formula is C19H23Cl2IN4O. The molecule has 0 unspecified atom stereocenters. The molecule has 0 atom stereocenters. The minimum atomic E-state index is -0.0382. The summed E-state index contributed by atoms with van der Waals surface area (Å²) in [7, 11) is 3.43. The largest absolute Gasteiger partial charge is 0.352 e. The summed E-state index contributed by atoms with van der Waals surface area (Å²) in [6.45, 7) is 1.12. The summed E-state index contributed by atoms with van der Waals surface area (Å²) in [4.78, 5) is 17.9. The van der Waals surface area contributed by atoms with Crippen molar-refractivity contribution in [1.29, 1.82) is 0 Å². The molecule has 5 nitrogen and oxygen atoms in total. The first kappa shape index (κ1) is 23.5. The van der Waals surface area contributed by atoms with Gasteiger partial charge in [0.05, 0.1) is 13.1 Å². The van der Waals surface area contributed by atoms with Gasteiger partial charge in [-0.05, 0) is 23.3 Å². The van der Waals surface area contributed by atoms with Crippen LogP contribution in [0, 0.1) is 0 Å². The van der Waals surface area contributed by atoms with Crippen molar-refractivity contribution < 1.29 is 4.79 Å². The maximum Gasteiger partial charge on any atom is 0.241 e. The van der Waals surface area contributed by atoms with Crippen molar-refractivity contribution in [2.75, 3.05) is 20.6 Å². The first-order valence-corrected chi connectivity index (χ1v) is 8.91. The molecule has 0 aliphatic rings. The number of carbonyl (C=O) groups excluding carboxylic acids is 1. The number of rotatable bonds is 6. The molecule has 2 aromatic carbocycles. The lowest BCUT2D eigenvalue weighted by Crippen LogP contribution is -2.42. The molecular weight excluding hydrogens is 498 g/mol. The molecule has 0 aliphatic heterocycles. The maximum atomic E-state index is 11.8. The molecule has 0 radical (unpaired) electrons. The van der Waals surface area contributed by atoms with Crippen LogP contribution in [0.1, 0.15) is 11.1 Å². The summed E-state index contributed by atoms with van der Waals surface area (Å²) in [6.07, 6.45) is 0. The van der Waals surface area contributed by atoms with E-state index in [0.29, 0.717) is 29.1 Å². The maximum absolute atomic E-state index is 11.8. The number of nitrogens with one attached hydrogen (secondary N) is 2. The fourth-order valence-corrected chi connectivity index (χ4v) is 2.56. The van der Waals surface area contributed by atoms with Crippen LogP contribution in [0.3, 0.4) is 0 Å². The minimum absolute atomic E-state index is 0. The topological polar surface area (TPSA) is 56.7 Å². The number of likely N-dealkylation sites (N-methyl/N-ethyl adjacent to an activating group) is 1. The van der Waals surface area contributed by atoms with E-state index in [9.17, 15) is 4.79 Å². The van der Waals surface area contributed by atoms with Crippen LogP contribution < -0.4 is 10.6 Å². The third-order valence-electron chi connectivity index (χ3n) is 3.63. The zero-order valence-electron chi connectivity index (χ0n) is 15.2. The molecule has 0 aliphatic carbocycles. The first-order chi connectivity index (χ1) is 12.5. The molecule has 27 heavy (non-hydrogen) atoms. The van der Waals surface area contributed by atoms with Crippen molar-refractivity contribution in [2.24, 2.45) is 4.99 Å². The van der Waals surface area contributed by atoms with Gasteiger partial charge in [0.2, 0.25) is 5.91 Å². The smallest absolute Gasteiger partial charge is 0.241 e. The number of benzene rings is 2. The lowest BCUT2D eigenvalue weighted by molar-refractivity contribution is -0.127. The van der Waals surface area contributed by atoms with Gasteiger partial charge in [-0.2, -0.15) is 0 Å². The molecule has 146 valence electrons. The summed E-state index contributed by atoms with van der Waals surface area (Å²) < 4.78 is 0. The van der Waals surface area contributed by atoms with Gasteiger partial charge in [-0.25, -0.2) is 4.99 Å². The molecule has 0 spiro atoms. The van der Waals surface area contributed by atoms with Crippen molar-refractivity contribution in [3.05, 3.63) is 69.7 Å². The number of hydrogen-bond acceptors (Lipinski definition) is 2. The monoisotopic (exact) mass is 520 g/mol. The van der Waals surface area contributed by atoms with E-state index in [1.165, 1.54) is 4.90 Å². The quantitative estimate of drug-likeness (QED) is 0.344. The zero-order chi connectivity index (χ0) is 18.9. The van der Waals surface area contributed by atoms with E-state index >= 15 is 0 Å². The van der Waals surface area contributed by atoms with Crippen molar-refractivity contribution in [3.8, 4) is 0 Å². The third-order valence-corrected chi connectivity index (χ3v) is 4.22. The molecule has 8 heteroatoms. The van der Waals surface area contributed by atoms with Crippen LogP contribution in [-0.2, 0) is 17.9 Å². The van der Waals surface area contributed by atoms with Crippen LogP contribution in [0.5, 0.6) is 0 Å². The normalized spacial score (nSPS) is 10.7. The second-order valence-corrected chi connectivity index (χ2v) is 6.73. The highest BCUT2D eigenvalue weighted by Gasteiger charge is 2.07. The minimum Gasteiger partial charge on any atom is -0.352 e. The van der Waals surface area contributed by atoms with Gasteiger partial charge in [-0.1, -0.05) is 59.6 Å². The highest BCUT2D eigenvalue weighted by molar-refractivity contribution is 14.0.